The Morgan fingerprint density at radius 2 is 2.00 bits per heavy atom. The van der Waals surface area contributed by atoms with Crippen molar-refractivity contribution in [3.63, 3.8) is 0 Å². The van der Waals surface area contributed by atoms with Gasteiger partial charge in [-0.3, -0.25) is 4.79 Å². The molecule has 1 radical (unpaired) electrons. The van der Waals surface area contributed by atoms with E-state index in [1.165, 1.54) is 0 Å². The van der Waals surface area contributed by atoms with Crippen LogP contribution in [0.1, 0.15) is 20.3 Å². The van der Waals surface area contributed by atoms with Crippen LogP contribution in [0, 0.1) is 5.92 Å². The number of carboxylic acids is 1. The summed E-state index contributed by atoms with van der Waals surface area (Å²) >= 11 is 0. The van der Waals surface area contributed by atoms with Crippen molar-refractivity contribution in [2.45, 2.75) is 20.3 Å². The molecule has 8 heavy (non-hydrogen) atoms. The van der Waals surface area contributed by atoms with Crippen molar-refractivity contribution in [1.82, 2.24) is 0 Å². The molecule has 43 valence electrons. The fraction of sp³-hybridized carbons (Fsp3) is 0.800. The van der Waals surface area contributed by atoms with E-state index in [2.05, 4.69) is 0 Å². The van der Waals surface area contributed by atoms with Crippen molar-refractivity contribution in [3.05, 3.63) is 0 Å². The van der Waals surface area contributed by atoms with Gasteiger partial charge in [0.25, 0.3) is 0 Å². The summed E-state index contributed by atoms with van der Waals surface area (Å²) in [5.74, 6) is -0.438. The molecule has 3 heteroatoms. The smallest absolute Gasteiger partial charge is 0.303 e. The van der Waals surface area contributed by atoms with Crippen LogP contribution in [0.4, 0.5) is 0 Å². The summed E-state index contributed by atoms with van der Waals surface area (Å²) in [6, 6.07) is 0. The normalized spacial score (nSPS) is 8.38. The maximum absolute atomic E-state index is 9.81. The third kappa shape index (κ3) is 9.42. The molecule has 0 aliphatic carbocycles. The van der Waals surface area contributed by atoms with Crippen molar-refractivity contribution in [1.29, 1.82) is 0 Å². The van der Waals surface area contributed by atoms with E-state index in [9.17, 15) is 4.79 Å². The monoisotopic (exact) mass is 109 g/mol. The molecule has 0 rings (SSSR count). The Balaban J connectivity index is 0. The van der Waals surface area contributed by atoms with Gasteiger partial charge in [-0.1, -0.05) is 13.8 Å². The molecule has 0 spiro atoms. The summed E-state index contributed by atoms with van der Waals surface area (Å²) in [5.41, 5.74) is 0. The van der Waals surface area contributed by atoms with Crippen molar-refractivity contribution in [2.24, 2.45) is 5.92 Å². The number of rotatable bonds is 2. The Hall–Kier alpha value is 0.0674. The molecule has 0 atom stereocenters. The van der Waals surface area contributed by atoms with Gasteiger partial charge in [0.15, 0.2) is 0 Å². The standard InChI is InChI=1S/C5H10O2.Li/c1-4(2)3-5(6)7;/h4H,3H2,1-2H3,(H,6,7);. The largest absolute Gasteiger partial charge is 0.481 e. The van der Waals surface area contributed by atoms with E-state index >= 15 is 0 Å². The number of hydrogen-bond donors (Lipinski definition) is 1. The van der Waals surface area contributed by atoms with Gasteiger partial charge in [0.1, 0.15) is 0 Å². The zero-order valence-electron chi connectivity index (χ0n) is 5.64. The average molecular weight is 109 g/mol. The number of aliphatic carboxylic acids is 1. The van der Waals surface area contributed by atoms with E-state index in [0.29, 0.717) is 0 Å². The van der Waals surface area contributed by atoms with Gasteiger partial charge in [-0.05, 0) is 5.92 Å². The quantitative estimate of drug-likeness (QED) is 0.531. The number of carbonyl (C=O) groups is 1. The first-order valence-corrected chi connectivity index (χ1v) is 2.34. The van der Waals surface area contributed by atoms with Crippen LogP contribution in [-0.4, -0.2) is 29.9 Å². The first-order valence-electron chi connectivity index (χ1n) is 2.34. The fourth-order valence-corrected chi connectivity index (χ4v) is 0.349. The molecule has 0 fully saturated rings. The third-order valence-electron chi connectivity index (χ3n) is 0.583. The molecular formula is C5H10LiO2. The molecule has 2 nitrogen and oxygen atoms in total. The molecule has 0 aliphatic heterocycles. The number of hydrogen-bond acceptors (Lipinski definition) is 1. The molecular weight excluding hydrogens is 99.0 g/mol. The van der Waals surface area contributed by atoms with Crippen molar-refractivity contribution in [2.75, 3.05) is 0 Å². The van der Waals surface area contributed by atoms with Gasteiger partial charge in [-0.25, -0.2) is 0 Å². The maximum Gasteiger partial charge on any atom is 0.303 e. The third-order valence-corrected chi connectivity index (χ3v) is 0.583. The predicted molar refractivity (Wildman–Crippen MR) is 32.8 cm³/mol. The Morgan fingerprint density at radius 3 is 2.00 bits per heavy atom. The Morgan fingerprint density at radius 1 is 1.62 bits per heavy atom. The van der Waals surface area contributed by atoms with Crippen LogP contribution < -0.4 is 0 Å². The summed E-state index contributed by atoms with van der Waals surface area (Å²) < 4.78 is 0. The molecule has 0 aliphatic rings. The molecule has 0 aromatic heterocycles. The summed E-state index contributed by atoms with van der Waals surface area (Å²) in [6.45, 7) is 3.77. The SMILES string of the molecule is CC(C)CC(=O)O.[Li]. The predicted octanol–water partition coefficient (Wildman–Crippen LogP) is 0.736. The van der Waals surface area contributed by atoms with E-state index in [1.807, 2.05) is 13.8 Å². The maximum atomic E-state index is 9.81. The van der Waals surface area contributed by atoms with E-state index in [0.717, 1.165) is 0 Å². The average Bonchev–Trinajstić information content (AvgIpc) is 1.27. The zero-order chi connectivity index (χ0) is 5.86. The molecule has 0 saturated heterocycles. The summed E-state index contributed by atoms with van der Waals surface area (Å²) in [7, 11) is 0. The first kappa shape index (κ1) is 10.9. The molecule has 0 saturated carbocycles. The Bertz CT molecular complexity index is 70.8. The van der Waals surface area contributed by atoms with Crippen molar-refractivity contribution in [3.8, 4) is 0 Å². The second-order valence-electron chi connectivity index (χ2n) is 1.99. The molecule has 0 bridgehead atoms. The fourth-order valence-electron chi connectivity index (χ4n) is 0.349. The second kappa shape index (κ2) is 5.21. The van der Waals surface area contributed by atoms with Crippen molar-refractivity contribution >= 4 is 24.8 Å². The van der Waals surface area contributed by atoms with E-state index in [-0.39, 0.29) is 31.2 Å². The Kier molecular flexibility index (Phi) is 7.13. The minimum Gasteiger partial charge on any atom is -0.481 e. The van der Waals surface area contributed by atoms with Gasteiger partial charge in [0.2, 0.25) is 0 Å². The Labute approximate surface area is 61.5 Å². The van der Waals surface area contributed by atoms with Crippen LogP contribution in [0.25, 0.3) is 0 Å². The molecule has 0 aromatic carbocycles. The van der Waals surface area contributed by atoms with Crippen LogP contribution >= 0.6 is 0 Å². The van der Waals surface area contributed by atoms with Crippen LogP contribution in [0.2, 0.25) is 0 Å². The van der Waals surface area contributed by atoms with Crippen LogP contribution in [0.3, 0.4) is 0 Å². The zero-order valence-corrected chi connectivity index (χ0v) is 5.64. The van der Waals surface area contributed by atoms with E-state index in [1.54, 1.807) is 0 Å². The van der Waals surface area contributed by atoms with Gasteiger partial charge in [-0.2, -0.15) is 0 Å². The van der Waals surface area contributed by atoms with Gasteiger partial charge in [0, 0.05) is 25.3 Å². The van der Waals surface area contributed by atoms with Gasteiger partial charge in [0.05, 0.1) is 0 Å². The molecule has 1 N–H and O–H groups in total. The summed E-state index contributed by atoms with van der Waals surface area (Å²) in [5, 5.41) is 8.08. The summed E-state index contributed by atoms with van der Waals surface area (Å²) in [4.78, 5) is 9.81. The van der Waals surface area contributed by atoms with Crippen LogP contribution in [0.15, 0.2) is 0 Å². The van der Waals surface area contributed by atoms with Gasteiger partial charge < -0.3 is 5.11 Å². The van der Waals surface area contributed by atoms with E-state index in [4.69, 9.17) is 5.11 Å². The van der Waals surface area contributed by atoms with Crippen LogP contribution in [-0.2, 0) is 4.79 Å². The van der Waals surface area contributed by atoms with Gasteiger partial charge in [-0.15, -0.1) is 0 Å². The molecule has 0 unspecified atom stereocenters. The topological polar surface area (TPSA) is 37.3 Å². The van der Waals surface area contributed by atoms with E-state index < -0.39 is 5.97 Å². The van der Waals surface area contributed by atoms with Crippen molar-refractivity contribution < 1.29 is 9.90 Å². The number of carboxylic acid groups (broad SMARTS) is 1. The molecule has 0 heterocycles. The molecule has 0 aromatic rings. The van der Waals surface area contributed by atoms with Gasteiger partial charge >= 0.3 is 5.97 Å². The second-order valence-corrected chi connectivity index (χ2v) is 1.99. The first-order chi connectivity index (χ1) is 3.13. The summed E-state index contributed by atoms with van der Waals surface area (Å²) in [6.07, 6.45) is 0.278. The molecule has 0 amide bonds. The van der Waals surface area contributed by atoms with Crippen LogP contribution in [0.5, 0.6) is 0 Å². The minimum absolute atomic E-state index is 0. The minimum atomic E-state index is -0.713.